The molecule has 1 unspecified atom stereocenters. The van der Waals surface area contributed by atoms with Crippen molar-refractivity contribution in [2.45, 2.75) is 44.4 Å². The minimum absolute atomic E-state index is 0.0311. The van der Waals surface area contributed by atoms with Crippen molar-refractivity contribution in [1.29, 1.82) is 0 Å². The highest BCUT2D eigenvalue weighted by molar-refractivity contribution is 9.10. The molecule has 0 spiro atoms. The molecule has 2 aromatic carbocycles. The summed E-state index contributed by atoms with van der Waals surface area (Å²) in [6.45, 7) is 5.11. The number of hydrogen-bond acceptors (Lipinski definition) is 5. The maximum atomic E-state index is 13.7. The number of nitrogens with zero attached hydrogens (tertiary/aromatic N) is 2. The average Bonchev–Trinajstić information content (AvgIpc) is 3.27. The molecule has 1 atom stereocenters. The Labute approximate surface area is 214 Å². The van der Waals surface area contributed by atoms with Crippen LogP contribution in [-0.4, -0.2) is 50.8 Å². The summed E-state index contributed by atoms with van der Waals surface area (Å²) in [6.07, 6.45) is 2.22. The second-order valence-corrected chi connectivity index (χ2v) is 11.4. The Morgan fingerprint density at radius 1 is 1.17 bits per heavy atom. The lowest BCUT2D eigenvalue weighted by Crippen LogP contribution is -2.43. The SMILES string of the molecule is CCOc1ccccc1NC(=O)C1CCCN(S(=O)(=O)c2cc3c(cc2Br)CCN3C(=O)CC)C1. The van der Waals surface area contributed by atoms with Crippen molar-refractivity contribution in [3.8, 4) is 5.75 Å². The zero-order valence-electron chi connectivity index (χ0n) is 19.9. The number of ether oxygens (including phenoxy) is 1. The molecule has 0 aliphatic carbocycles. The van der Waals surface area contributed by atoms with Crippen LogP contribution in [-0.2, 0) is 26.0 Å². The maximum absolute atomic E-state index is 13.7. The molecule has 0 aromatic heterocycles. The van der Waals surface area contributed by atoms with Crippen LogP contribution in [0.4, 0.5) is 11.4 Å². The average molecular weight is 565 g/mol. The lowest BCUT2D eigenvalue weighted by molar-refractivity contribution is -0.121. The van der Waals surface area contributed by atoms with Gasteiger partial charge in [0, 0.05) is 36.2 Å². The second kappa shape index (κ2) is 10.7. The minimum atomic E-state index is -3.88. The van der Waals surface area contributed by atoms with Crippen LogP contribution in [0.2, 0.25) is 0 Å². The van der Waals surface area contributed by atoms with E-state index in [9.17, 15) is 18.0 Å². The number of anilines is 2. The third kappa shape index (κ3) is 5.24. The minimum Gasteiger partial charge on any atom is -0.492 e. The van der Waals surface area contributed by atoms with Gasteiger partial charge < -0.3 is 15.0 Å². The highest BCUT2D eigenvalue weighted by Crippen LogP contribution is 2.38. The van der Waals surface area contributed by atoms with Crippen molar-refractivity contribution < 1.29 is 22.7 Å². The van der Waals surface area contributed by atoms with Crippen molar-refractivity contribution in [3.63, 3.8) is 0 Å². The Hall–Kier alpha value is -2.43. The Bertz CT molecular complexity index is 1230. The van der Waals surface area contributed by atoms with Crippen molar-refractivity contribution in [2.75, 3.05) is 36.5 Å². The molecule has 0 bridgehead atoms. The number of carbonyl (C=O) groups is 2. The summed E-state index contributed by atoms with van der Waals surface area (Å²) in [5.41, 5.74) is 2.17. The number of fused-ring (bicyclic) bond motifs is 1. The topological polar surface area (TPSA) is 96.0 Å². The molecule has 2 heterocycles. The van der Waals surface area contributed by atoms with E-state index in [1.54, 1.807) is 36.1 Å². The smallest absolute Gasteiger partial charge is 0.244 e. The van der Waals surface area contributed by atoms with E-state index in [2.05, 4.69) is 21.2 Å². The zero-order chi connectivity index (χ0) is 25.2. The van der Waals surface area contributed by atoms with Gasteiger partial charge in [0.2, 0.25) is 21.8 Å². The number of sulfonamides is 1. The molecule has 35 heavy (non-hydrogen) atoms. The number of piperidine rings is 1. The summed E-state index contributed by atoms with van der Waals surface area (Å²) in [7, 11) is -3.88. The van der Waals surface area contributed by atoms with Gasteiger partial charge in [-0.1, -0.05) is 19.1 Å². The van der Waals surface area contributed by atoms with Gasteiger partial charge in [0.05, 0.1) is 23.1 Å². The molecule has 2 aliphatic rings. The molecule has 4 rings (SSSR count). The van der Waals surface area contributed by atoms with E-state index in [0.29, 0.717) is 67.0 Å². The van der Waals surface area contributed by atoms with E-state index in [1.807, 2.05) is 19.1 Å². The summed E-state index contributed by atoms with van der Waals surface area (Å²) in [6, 6.07) is 10.6. The van der Waals surface area contributed by atoms with Crippen LogP contribution in [0.1, 0.15) is 38.7 Å². The van der Waals surface area contributed by atoms with Crippen LogP contribution in [0.25, 0.3) is 0 Å². The monoisotopic (exact) mass is 563 g/mol. The summed E-state index contributed by atoms with van der Waals surface area (Å²) >= 11 is 3.43. The number of hydrogen-bond donors (Lipinski definition) is 1. The summed E-state index contributed by atoms with van der Waals surface area (Å²) in [5.74, 6) is -0.169. The first kappa shape index (κ1) is 25.7. The molecule has 2 aliphatic heterocycles. The molecule has 0 radical (unpaired) electrons. The number of halogens is 1. The lowest BCUT2D eigenvalue weighted by Gasteiger charge is -2.32. The molecule has 8 nitrogen and oxygen atoms in total. The van der Waals surface area contributed by atoms with Gasteiger partial charge in [-0.2, -0.15) is 4.31 Å². The number of rotatable bonds is 7. The predicted molar refractivity (Wildman–Crippen MR) is 138 cm³/mol. The summed E-state index contributed by atoms with van der Waals surface area (Å²) < 4.78 is 34.8. The molecule has 2 aromatic rings. The molecule has 1 saturated heterocycles. The first-order chi connectivity index (χ1) is 16.8. The van der Waals surface area contributed by atoms with Gasteiger partial charge in [0.15, 0.2) is 0 Å². The summed E-state index contributed by atoms with van der Waals surface area (Å²) in [4.78, 5) is 27.2. The quantitative estimate of drug-likeness (QED) is 0.545. The predicted octanol–water partition coefficient (Wildman–Crippen LogP) is 4.19. The van der Waals surface area contributed by atoms with Gasteiger partial charge in [0.25, 0.3) is 0 Å². The molecule has 1 N–H and O–H groups in total. The third-order valence-electron chi connectivity index (χ3n) is 6.45. The zero-order valence-corrected chi connectivity index (χ0v) is 22.3. The molecular formula is C25H30BrN3O5S. The summed E-state index contributed by atoms with van der Waals surface area (Å²) in [5, 5.41) is 2.91. The van der Waals surface area contributed by atoms with Gasteiger partial charge in [-0.25, -0.2) is 8.42 Å². The van der Waals surface area contributed by atoms with Crippen molar-refractivity contribution >= 4 is 49.1 Å². The Morgan fingerprint density at radius 2 is 1.94 bits per heavy atom. The van der Waals surface area contributed by atoms with Crippen LogP contribution in [0.3, 0.4) is 0 Å². The van der Waals surface area contributed by atoms with E-state index in [1.165, 1.54) is 4.31 Å². The van der Waals surface area contributed by atoms with E-state index in [4.69, 9.17) is 4.74 Å². The van der Waals surface area contributed by atoms with Crippen LogP contribution in [0.15, 0.2) is 45.8 Å². The Morgan fingerprint density at radius 3 is 2.69 bits per heavy atom. The Balaban J connectivity index is 1.55. The molecule has 188 valence electrons. The molecular weight excluding hydrogens is 534 g/mol. The third-order valence-corrected chi connectivity index (χ3v) is 9.27. The van der Waals surface area contributed by atoms with Gasteiger partial charge in [0.1, 0.15) is 5.75 Å². The van der Waals surface area contributed by atoms with Crippen LogP contribution in [0.5, 0.6) is 5.75 Å². The van der Waals surface area contributed by atoms with E-state index >= 15 is 0 Å². The maximum Gasteiger partial charge on any atom is 0.244 e. The fourth-order valence-corrected chi connectivity index (χ4v) is 7.23. The fraction of sp³-hybridized carbons (Fsp3) is 0.440. The van der Waals surface area contributed by atoms with E-state index < -0.39 is 15.9 Å². The number of amides is 2. The normalized spacial score (nSPS) is 18.3. The highest BCUT2D eigenvalue weighted by atomic mass is 79.9. The Kier molecular flexibility index (Phi) is 7.83. The molecule has 0 saturated carbocycles. The number of nitrogens with one attached hydrogen (secondary N) is 1. The van der Waals surface area contributed by atoms with E-state index in [0.717, 1.165) is 5.56 Å². The van der Waals surface area contributed by atoms with Crippen LogP contribution in [0, 0.1) is 5.92 Å². The largest absolute Gasteiger partial charge is 0.492 e. The molecule has 1 fully saturated rings. The number of carbonyl (C=O) groups excluding carboxylic acids is 2. The second-order valence-electron chi connectivity index (χ2n) is 8.68. The van der Waals surface area contributed by atoms with Crippen molar-refractivity contribution in [3.05, 3.63) is 46.4 Å². The van der Waals surface area contributed by atoms with Crippen molar-refractivity contribution in [2.24, 2.45) is 5.92 Å². The van der Waals surface area contributed by atoms with Crippen LogP contribution >= 0.6 is 15.9 Å². The van der Waals surface area contributed by atoms with Gasteiger partial charge in [-0.3, -0.25) is 9.59 Å². The van der Waals surface area contributed by atoms with Crippen molar-refractivity contribution in [1.82, 2.24) is 4.31 Å². The molecule has 2 amide bonds. The highest BCUT2D eigenvalue weighted by Gasteiger charge is 2.36. The molecule has 10 heteroatoms. The van der Waals surface area contributed by atoms with Crippen LogP contribution < -0.4 is 15.0 Å². The number of para-hydroxylation sites is 2. The van der Waals surface area contributed by atoms with E-state index in [-0.39, 0.29) is 23.3 Å². The van der Waals surface area contributed by atoms with Gasteiger partial charge in [-0.15, -0.1) is 0 Å². The first-order valence-corrected chi connectivity index (χ1v) is 14.1. The fourth-order valence-electron chi connectivity index (χ4n) is 4.64. The number of benzene rings is 2. The van der Waals surface area contributed by atoms with Gasteiger partial charge >= 0.3 is 0 Å². The van der Waals surface area contributed by atoms with Gasteiger partial charge in [-0.05, 0) is 71.9 Å². The standard InChI is InChI=1S/C25H30BrN3O5S/c1-3-24(30)29-13-11-17-14-19(26)23(15-21(17)29)35(32,33)28-12-7-8-18(16-28)25(31)27-20-9-5-6-10-22(20)34-4-2/h5-6,9-10,14-15,18H,3-4,7-8,11-13,16H2,1-2H3,(H,27,31). The lowest BCUT2D eigenvalue weighted by atomic mass is 9.98. The first-order valence-electron chi connectivity index (χ1n) is 11.9.